The molecule has 158 valence electrons. The van der Waals surface area contributed by atoms with Gasteiger partial charge in [-0.3, -0.25) is 0 Å². The normalized spacial score (nSPS) is 19.0. The SMILES string of the molecule is Cc1nc(N2CCCCC2c2nnc3n2CCCC3)c2cc(-c3ccccc3)sc2n1. The van der Waals surface area contributed by atoms with Crippen molar-refractivity contribution in [1.82, 2.24) is 24.7 Å². The number of rotatable bonds is 3. The minimum absolute atomic E-state index is 0.227. The van der Waals surface area contributed by atoms with E-state index in [9.17, 15) is 0 Å². The van der Waals surface area contributed by atoms with E-state index >= 15 is 0 Å². The zero-order valence-electron chi connectivity index (χ0n) is 17.8. The fourth-order valence-corrected chi connectivity index (χ4v) is 6.08. The van der Waals surface area contributed by atoms with Gasteiger partial charge in [0.2, 0.25) is 0 Å². The molecule has 3 aromatic heterocycles. The second-order valence-electron chi connectivity index (χ2n) is 8.58. The fraction of sp³-hybridized carbons (Fsp3) is 0.417. The third kappa shape index (κ3) is 3.31. The Balaban J connectivity index is 1.46. The first-order chi connectivity index (χ1) is 15.3. The summed E-state index contributed by atoms with van der Waals surface area (Å²) in [5, 5.41) is 10.4. The van der Waals surface area contributed by atoms with Crippen LogP contribution >= 0.6 is 11.3 Å². The molecule has 7 heteroatoms. The van der Waals surface area contributed by atoms with Crippen molar-refractivity contribution in [1.29, 1.82) is 0 Å². The lowest BCUT2D eigenvalue weighted by Gasteiger charge is -2.36. The van der Waals surface area contributed by atoms with Crippen LogP contribution in [0.5, 0.6) is 0 Å². The van der Waals surface area contributed by atoms with E-state index in [0.29, 0.717) is 0 Å². The minimum atomic E-state index is 0.227. The monoisotopic (exact) mass is 430 g/mol. The van der Waals surface area contributed by atoms with Crippen molar-refractivity contribution in [3.63, 3.8) is 0 Å². The van der Waals surface area contributed by atoms with Gasteiger partial charge in [0, 0.05) is 24.4 Å². The summed E-state index contributed by atoms with van der Waals surface area (Å²) >= 11 is 1.75. The molecular weight excluding hydrogens is 404 g/mol. The summed E-state index contributed by atoms with van der Waals surface area (Å²) in [4.78, 5) is 14.5. The molecule has 31 heavy (non-hydrogen) atoms. The van der Waals surface area contributed by atoms with Crippen LogP contribution in [-0.2, 0) is 13.0 Å². The molecule has 0 N–H and O–H groups in total. The van der Waals surface area contributed by atoms with Crippen molar-refractivity contribution in [3.05, 3.63) is 53.9 Å². The number of nitrogens with zero attached hydrogens (tertiary/aromatic N) is 6. The van der Waals surface area contributed by atoms with E-state index in [-0.39, 0.29) is 6.04 Å². The highest BCUT2D eigenvalue weighted by Crippen LogP contribution is 2.41. The summed E-state index contributed by atoms with van der Waals surface area (Å²) in [7, 11) is 0. The maximum atomic E-state index is 4.97. The van der Waals surface area contributed by atoms with Crippen molar-refractivity contribution >= 4 is 27.4 Å². The molecule has 1 aromatic carbocycles. The molecule has 0 bridgehead atoms. The van der Waals surface area contributed by atoms with Crippen LogP contribution in [0.3, 0.4) is 0 Å². The summed E-state index contributed by atoms with van der Waals surface area (Å²) in [5.74, 6) is 4.16. The van der Waals surface area contributed by atoms with Crippen molar-refractivity contribution < 1.29 is 0 Å². The number of piperidine rings is 1. The number of aromatic nitrogens is 5. The van der Waals surface area contributed by atoms with Gasteiger partial charge >= 0.3 is 0 Å². The van der Waals surface area contributed by atoms with E-state index in [1.807, 2.05) is 6.92 Å². The topological polar surface area (TPSA) is 59.7 Å². The molecule has 0 spiro atoms. The maximum Gasteiger partial charge on any atom is 0.155 e. The fourth-order valence-electron chi connectivity index (χ4n) is 5.00. The Bertz CT molecular complexity index is 1230. The number of fused-ring (bicyclic) bond motifs is 2. The number of aryl methyl sites for hydroxylation is 2. The van der Waals surface area contributed by atoms with E-state index in [1.54, 1.807) is 11.3 Å². The Morgan fingerprint density at radius 2 is 1.84 bits per heavy atom. The average molecular weight is 431 g/mol. The summed E-state index contributed by atoms with van der Waals surface area (Å²) in [6.07, 6.45) is 6.97. The van der Waals surface area contributed by atoms with Gasteiger partial charge < -0.3 is 9.47 Å². The Morgan fingerprint density at radius 1 is 0.968 bits per heavy atom. The van der Waals surface area contributed by atoms with Gasteiger partial charge in [0.1, 0.15) is 22.3 Å². The van der Waals surface area contributed by atoms with Gasteiger partial charge in [0.15, 0.2) is 5.82 Å². The molecule has 0 aliphatic carbocycles. The zero-order valence-corrected chi connectivity index (χ0v) is 18.6. The van der Waals surface area contributed by atoms with Gasteiger partial charge in [-0.25, -0.2) is 9.97 Å². The molecule has 1 unspecified atom stereocenters. The number of anilines is 1. The average Bonchev–Trinajstić information content (AvgIpc) is 3.43. The number of hydrogen-bond acceptors (Lipinski definition) is 6. The van der Waals surface area contributed by atoms with Crippen LogP contribution in [0.1, 0.15) is 55.6 Å². The largest absolute Gasteiger partial charge is 0.346 e. The lowest BCUT2D eigenvalue weighted by molar-refractivity contribution is 0.421. The summed E-state index contributed by atoms with van der Waals surface area (Å²) in [6, 6.07) is 13.1. The molecule has 1 saturated heterocycles. The van der Waals surface area contributed by atoms with E-state index in [4.69, 9.17) is 9.97 Å². The lowest BCUT2D eigenvalue weighted by atomic mass is 10.0. The van der Waals surface area contributed by atoms with Gasteiger partial charge in [-0.15, -0.1) is 21.5 Å². The molecule has 5 heterocycles. The quantitative estimate of drug-likeness (QED) is 0.440. The van der Waals surface area contributed by atoms with Crippen LogP contribution in [0.15, 0.2) is 36.4 Å². The van der Waals surface area contributed by atoms with Gasteiger partial charge in [0.05, 0.1) is 11.4 Å². The third-order valence-electron chi connectivity index (χ3n) is 6.50. The molecule has 0 amide bonds. The van der Waals surface area contributed by atoms with Gasteiger partial charge in [-0.2, -0.15) is 0 Å². The maximum absolute atomic E-state index is 4.97. The van der Waals surface area contributed by atoms with Gasteiger partial charge in [-0.05, 0) is 50.7 Å². The molecule has 2 aliphatic heterocycles. The Labute approximate surface area is 186 Å². The molecule has 4 aromatic rings. The predicted octanol–water partition coefficient (Wildman–Crippen LogP) is 5.33. The molecule has 1 fully saturated rings. The Morgan fingerprint density at radius 3 is 2.74 bits per heavy atom. The van der Waals surface area contributed by atoms with E-state index in [0.717, 1.165) is 59.4 Å². The van der Waals surface area contributed by atoms with Crippen molar-refractivity contribution in [3.8, 4) is 10.4 Å². The highest BCUT2D eigenvalue weighted by atomic mass is 32.1. The van der Waals surface area contributed by atoms with Crippen LogP contribution in [0.2, 0.25) is 0 Å². The van der Waals surface area contributed by atoms with Crippen molar-refractivity contribution in [2.45, 2.75) is 58.0 Å². The molecular formula is C24H26N6S. The third-order valence-corrected chi connectivity index (χ3v) is 7.58. The van der Waals surface area contributed by atoms with E-state index < -0.39 is 0 Å². The minimum Gasteiger partial charge on any atom is -0.346 e. The number of thiophene rings is 1. The first kappa shape index (κ1) is 18.9. The first-order valence-corrected chi connectivity index (χ1v) is 12.1. The highest BCUT2D eigenvalue weighted by molar-refractivity contribution is 7.21. The Kier molecular flexibility index (Phi) is 4.71. The standard InChI is InChI=1S/C24H26N6S/c1-16-25-22(18-15-20(31-24(18)26-16)17-9-3-2-4-10-17)29-13-7-5-11-19(29)23-28-27-21-12-6-8-14-30(21)23/h2-4,9-10,15,19H,5-8,11-14H2,1H3. The molecule has 0 radical (unpaired) electrons. The van der Waals surface area contributed by atoms with Crippen LogP contribution < -0.4 is 4.90 Å². The number of benzene rings is 1. The molecule has 0 saturated carbocycles. The van der Waals surface area contributed by atoms with E-state index in [1.165, 1.54) is 36.1 Å². The van der Waals surface area contributed by atoms with Crippen molar-refractivity contribution in [2.75, 3.05) is 11.4 Å². The van der Waals surface area contributed by atoms with Crippen molar-refractivity contribution in [2.24, 2.45) is 0 Å². The zero-order chi connectivity index (χ0) is 20.8. The van der Waals surface area contributed by atoms with Crippen LogP contribution in [0.4, 0.5) is 5.82 Å². The van der Waals surface area contributed by atoms with Crippen LogP contribution in [-0.4, -0.2) is 31.3 Å². The number of hydrogen-bond donors (Lipinski definition) is 0. The van der Waals surface area contributed by atoms with Crippen LogP contribution in [0, 0.1) is 6.92 Å². The molecule has 1 atom stereocenters. The highest BCUT2D eigenvalue weighted by Gasteiger charge is 2.32. The molecule has 6 nitrogen and oxygen atoms in total. The van der Waals surface area contributed by atoms with E-state index in [2.05, 4.69) is 56.1 Å². The molecule has 2 aliphatic rings. The van der Waals surface area contributed by atoms with Crippen LogP contribution in [0.25, 0.3) is 20.7 Å². The summed E-state index contributed by atoms with van der Waals surface area (Å²) in [5.41, 5.74) is 1.23. The lowest BCUT2D eigenvalue weighted by Crippen LogP contribution is -2.36. The second-order valence-corrected chi connectivity index (χ2v) is 9.61. The first-order valence-electron chi connectivity index (χ1n) is 11.3. The van der Waals surface area contributed by atoms with Gasteiger partial charge in [-0.1, -0.05) is 30.3 Å². The second kappa shape index (κ2) is 7.71. The summed E-state index contributed by atoms with van der Waals surface area (Å²) in [6.45, 7) is 4.04. The molecule has 6 rings (SSSR count). The predicted molar refractivity (Wildman–Crippen MR) is 124 cm³/mol. The smallest absolute Gasteiger partial charge is 0.155 e. The van der Waals surface area contributed by atoms with Gasteiger partial charge in [0.25, 0.3) is 0 Å². The summed E-state index contributed by atoms with van der Waals surface area (Å²) < 4.78 is 2.38. The Hall–Kier alpha value is -2.80.